The van der Waals surface area contributed by atoms with Gasteiger partial charge in [-0.1, -0.05) is 20.8 Å². The van der Waals surface area contributed by atoms with E-state index in [0.717, 1.165) is 38.2 Å². The van der Waals surface area contributed by atoms with Crippen molar-refractivity contribution >= 4 is 0 Å². The van der Waals surface area contributed by atoms with Crippen LogP contribution in [0.15, 0.2) is 12.4 Å². The molecule has 1 rings (SSSR count). The molecular formula is C15H29N3O. The van der Waals surface area contributed by atoms with Gasteiger partial charge >= 0.3 is 0 Å². The van der Waals surface area contributed by atoms with Crippen molar-refractivity contribution in [2.75, 3.05) is 13.7 Å². The Labute approximate surface area is 117 Å². The van der Waals surface area contributed by atoms with Gasteiger partial charge in [-0.3, -0.25) is 0 Å². The summed E-state index contributed by atoms with van der Waals surface area (Å²) in [6.45, 7) is 10.7. The number of imidazole rings is 1. The highest BCUT2D eigenvalue weighted by atomic mass is 16.5. The smallest absolute Gasteiger partial charge is 0.128 e. The fourth-order valence-electron chi connectivity index (χ4n) is 2.35. The number of hydrogen-bond acceptors (Lipinski definition) is 3. The second kappa shape index (κ2) is 7.65. The zero-order valence-corrected chi connectivity index (χ0v) is 13.1. The minimum Gasteiger partial charge on any atom is -0.376 e. The fourth-order valence-corrected chi connectivity index (χ4v) is 2.35. The molecule has 2 atom stereocenters. The molecule has 0 aliphatic heterocycles. The summed E-state index contributed by atoms with van der Waals surface area (Å²) >= 11 is 0. The third-order valence-corrected chi connectivity index (χ3v) is 3.85. The van der Waals surface area contributed by atoms with Gasteiger partial charge in [-0.05, 0) is 32.7 Å². The second-order valence-electron chi connectivity index (χ2n) is 5.24. The largest absolute Gasteiger partial charge is 0.376 e. The quantitative estimate of drug-likeness (QED) is 0.747. The highest BCUT2D eigenvalue weighted by molar-refractivity contribution is 5.07. The third kappa shape index (κ3) is 3.80. The molecule has 1 aromatic rings. The van der Waals surface area contributed by atoms with E-state index in [4.69, 9.17) is 4.74 Å². The molecule has 0 aromatic carbocycles. The molecule has 0 bridgehead atoms. The van der Waals surface area contributed by atoms with Gasteiger partial charge < -0.3 is 14.6 Å². The Kier molecular flexibility index (Phi) is 6.52. The van der Waals surface area contributed by atoms with Gasteiger partial charge in [-0.2, -0.15) is 0 Å². The molecule has 0 amide bonds. The molecule has 0 aliphatic rings. The molecule has 0 radical (unpaired) electrons. The summed E-state index contributed by atoms with van der Waals surface area (Å²) in [6.07, 6.45) is 7.11. The SMILES string of the molecule is CCCNC(c1nccn1CCC)C(C)(CC)OC. The summed E-state index contributed by atoms with van der Waals surface area (Å²) in [6, 6.07) is 0.129. The van der Waals surface area contributed by atoms with Crippen molar-refractivity contribution in [1.29, 1.82) is 0 Å². The maximum Gasteiger partial charge on any atom is 0.128 e. The van der Waals surface area contributed by atoms with Crippen molar-refractivity contribution in [2.45, 2.75) is 65.1 Å². The molecule has 0 saturated carbocycles. The van der Waals surface area contributed by atoms with Gasteiger partial charge in [0, 0.05) is 26.0 Å². The first-order chi connectivity index (χ1) is 9.12. The van der Waals surface area contributed by atoms with Gasteiger partial charge in [-0.25, -0.2) is 4.98 Å². The first-order valence-electron chi connectivity index (χ1n) is 7.42. The Morgan fingerprint density at radius 3 is 2.63 bits per heavy atom. The number of aryl methyl sites for hydroxylation is 1. The number of ether oxygens (including phenoxy) is 1. The van der Waals surface area contributed by atoms with Crippen LogP contribution in [0.3, 0.4) is 0 Å². The van der Waals surface area contributed by atoms with E-state index in [-0.39, 0.29) is 11.6 Å². The fraction of sp³-hybridized carbons (Fsp3) is 0.800. The van der Waals surface area contributed by atoms with E-state index in [1.807, 2.05) is 6.20 Å². The molecule has 110 valence electrons. The molecule has 2 unspecified atom stereocenters. The second-order valence-corrected chi connectivity index (χ2v) is 5.24. The van der Waals surface area contributed by atoms with Gasteiger partial charge in [0.05, 0.1) is 11.6 Å². The van der Waals surface area contributed by atoms with Gasteiger partial charge in [0.2, 0.25) is 0 Å². The van der Waals surface area contributed by atoms with E-state index >= 15 is 0 Å². The molecule has 0 fully saturated rings. The average Bonchev–Trinajstić information content (AvgIpc) is 2.87. The lowest BCUT2D eigenvalue weighted by atomic mass is 9.92. The van der Waals surface area contributed by atoms with Gasteiger partial charge in [0.1, 0.15) is 5.82 Å². The monoisotopic (exact) mass is 267 g/mol. The molecule has 1 heterocycles. The van der Waals surface area contributed by atoms with Gasteiger partial charge in [0.25, 0.3) is 0 Å². The number of methoxy groups -OCH3 is 1. The molecule has 0 aliphatic carbocycles. The van der Waals surface area contributed by atoms with E-state index in [1.54, 1.807) is 7.11 Å². The Morgan fingerprint density at radius 1 is 1.37 bits per heavy atom. The maximum absolute atomic E-state index is 5.79. The van der Waals surface area contributed by atoms with E-state index < -0.39 is 0 Å². The van der Waals surface area contributed by atoms with Crippen molar-refractivity contribution in [2.24, 2.45) is 0 Å². The van der Waals surface area contributed by atoms with Crippen LogP contribution in [0.2, 0.25) is 0 Å². The lowest BCUT2D eigenvalue weighted by molar-refractivity contribution is -0.0331. The summed E-state index contributed by atoms with van der Waals surface area (Å²) in [4.78, 5) is 4.57. The zero-order valence-electron chi connectivity index (χ0n) is 13.1. The van der Waals surface area contributed by atoms with E-state index in [1.165, 1.54) is 0 Å². The molecule has 4 nitrogen and oxygen atoms in total. The number of nitrogens with one attached hydrogen (secondary N) is 1. The highest BCUT2D eigenvalue weighted by Crippen LogP contribution is 2.31. The highest BCUT2D eigenvalue weighted by Gasteiger charge is 2.36. The number of nitrogens with zero attached hydrogens (tertiary/aromatic N) is 2. The predicted octanol–water partition coefficient (Wildman–Crippen LogP) is 3.15. The van der Waals surface area contributed by atoms with Crippen LogP contribution >= 0.6 is 0 Å². The molecule has 19 heavy (non-hydrogen) atoms. The van der Waals surface area contributed by atoms with E-state index in [2.05, 4.69) is 48.8 Å². The van der Waals surface area contributed by atoms with Crippen LogP contribution in [0.5, 0.6) is 0 Å². The Morgan fingerprint density at radius 2 is 2.11 bits per heavy atom. The van der Waals surface area contributed by atoms with Crippen LogP contribution in [-0.4, -0.2) is 28.8 Å². The first kappa shape index (κ1) is 16.2. The van der Waals surface area contributed by atoms with Crippen molar-refractivity contribution in [3.05, 3.63) is 18.2 Å². The van der Waals surface area contributed by atoms with E-state index in [0.29, 0.717) is 0 Å². The Hall–Kier alpha value is -0.870. The van der Waals surface area contributed by atoms with Crippen LogP contribution in [0, 0.1) is 0 Å². The number of hydrogen-bond donors (Lipinski definition) is 1. The van der Waals surface area contributed by atoms with Crippen molar-refractivity contribution in [3.8, 4) is 0 Å². The summed E-state index contributed by atoms with van der Waals surface area (Å²) in [7, 11) is 1.79. The van der Waals surface area contributed by atoms with Gasteiger partial charge in [0.15, 0.2) is 0 Å². The van der Waals surface area contributed by atoms with Crippen LogP contribution < -0.4 is 5.32 Å². The predicted molar refractivity (Wildman–Crippen MR) is 79.3 cm³/mol. The summed E-state index contributed by atoms with van der Waals surface area (Å²) in [5, 5.41) is 3.60. The van der Waals surface area contributed by atoms with E-state index in [9.17, 15) is 0 Å². The summed E-state index contributed by atoms with van der Waals surface area (Å²) < 4.78 is 8.02. The van der Waals surface area contributed by atoms with Gasteiger partial charge in [-0.15, -0.1) is 0 Å². The lowest BCUT2D eigenvalue weighted by Gasteiger charge is -2.36. The molecular weight excluding hydrogens is 238 g/mol. The standard InChI is InChI=1S/C15H29N3O/c1-6-9-16-13(15(4,8-3)19-5)14-17-10-12-18(14)11-7-2/h10,12-13,16H,6-9,11H2,1-5H3. The minimum atomic E-state index is -0.230. The molecule has 4 heteroatoms. The van der Waals surface area contributed by atoms with Crippen LogP contribution in [0.4, 0.5) is 0 Å². The average molecular weight is 267 g/mol. The third-order valence-electron chi connectivity index (χ3n) is 3.85. The maximum atomic E-state index is 5.79. The van der Waals surface area contributed by atoms with Crippen molar-refractivity contribution in [3.63, 3.8) is 0 Å². The Balaban J connectivity index is 3.04. The first-order valence-corrected chi connectivity index (χ1v) is 7.42. The van der Waals surface area contributed by atoms with Crippen LogP contribution in [-0.2, 0) is 11.3 Å². The zero-order chi connectivity index (χ0) is 14.3. The normalized spacial score (nSPS) is 16.3. The van der Waals surface area contributed by atoms with Crippen molar-refractivity contribution < 1.29 is 4.74 Å². The van der Waals surface area contributed by atoms with Crippen molar-refractivity contribution in [1.82, 2.24) is 14.9 Å². The van der Waals surface area contributed by atoms with Crippen LogP contribution in [0.25, 0.3) is 0 Å². The topological polar surface area (TPSA) is 39.1 Å². The minimum absolute atomic E-state index is 0.129. The number of rotatable bonds is 9. The Bertz CT molecular complexity index is 358. The molecule has 0 spiro atoms. The molecule has 0 saturated heterocycles. The molecule has 1 aromatic heterocycles. The number of aromatic nitrogens is 2. The lowest BCUT2D eigenvalue weighted by Crippen LogP contribution is -2.44. The summed E-state index contributed by atoms with van der Waals surface area (Å²) in [5.41, 5.74) is -0.230. The van der Waals surface area contributed by atoms with Crippen LogP contribution in [0.1, 0.15) is 58.8 Å². The summed E-state index contributed by atoms with van der Waals surface area (Å²) in [5.74, 6) is 1.08. The molecule has 1 N–H and O–H groups in total.